The first-order valence-electron chi connectivity index (χ1n) is 8.33. The number of aryl methyl sites for hydroxylation is 1. The SMILES string of the molecule is Cc1ccc(S(=O)(=O)n2ccn(CC(=O)Nc3cccc([N+](=O)[O-])c3)c2=O)cc1. The van der Waals surface area contributed by atoms with Crippen LogP contribution in [0.5, 0.6) is 0 Å². The highest BCUT2D eigenvalue weighted by Gasteiger charge is 2.21. The summed E-state index contributed by atoms with van der Waals surface area (Å²) in [5.74, 6) is -0.641. The van der Waals surface area contributed by atoms with E-state index in [1.807, 2.05) is 0 Å². The summed E-state index contributed by atoms with van der Waals surface area (Å²) in [4.78, 5) is 34.8. The summed E-state index contributed by atoms with van der Waals surface area (Å²) >= 11 is 0. The van der Waals surface area contributed by atoms with Gasteiger partial charge in [0.2, 0.25) is 5.91 Å². The fourth-order valence-corrected chi connectivity index (χ4v) is 3.81. The zero-order valence-electron chi connectivity index (χ0n) is 15.2. The second kappa shape index (κ2) is 7.72. The van der Waals surface area contributed by atoms with Gasteiger partial charge in [-0.1, -0.05) is 23.8 Å². The van der Waals surface area contributed by atoms with E-state index in [2.05, 4.69) is 5.32 Å². The number of nitrogens with zero attached hydrogens (tertiary/aromatic N) is 3. The van der Waals surface area contributed by atoms with Crippen LogP contribution in [-0.2, 0) is 21.4 Å². The third kappa shape index (κ3) is 4.24. The van der Waals surface area contributed by atoms with E-state index in [0.717, 1.165) is 16.3 Å². The van der Waals surface area contributed by atoms with Crippen molar-refractivity contribution < 1.29 is 18.1 Å². The molecule has 0 saturated heterocycles. The molecule has 1 heterocycles. The number of aromatic nitrogens is 2. The largest absolute Gasteiger partial charge is 0.342 e. The Labute approximate surface area is 165 Å². The quantitative estimate of drug-likeness (QED) is 0.481. The Morgan fingerprint density at radius 3 is 2.48 bits per heavy atom. The van der Waals surface area contributed by atoms with E-state index >= 15 is 0 Å². The van der Waals surface area contributed by atoms with Crippen molar-refractivity contribution in [1.29, 1.82) is 0 Å². The average Bonchev–Trinajstić information content (AvgIpc) is 3.03. The molecule has 0 radical (unpaired) electrons. The van der Waals surface area contributed by atoms with Gasteiger partial charge >= 0.3 is 5.69 Å². The van der Waals surface area contributed by atoms with Crippen LogP contribution in [0.3, 0.4) is 0 Å². The first-order chi connectivity index (χ1) is 13.7. The molecule has 10 nitrogen and oxygen atoms in total. The molecule has 0 bridgehead atoms. The minimum Gasteiger partial charge on any atom is -0.324 e. The van der Waals surface area contributed by atoms with Gasteiger partial charge in [-0.3, -0.25) is 19.5 Å². The summed E-state index contributed by atoms with van der Waals surface area (Å²) in [6, 6.07) is 11.3. The molecule has 3 aromatic rings. The van der Waals surface area contributed by atoms with Gasteiger partial charge in [-0.05, 0) is 25.1 Å². The Bertz CT molecular complexity index is 1240. The number of anilines is 1. The highest BCUT2D eigenvalue weighted by atomic mass is 32.2. The van der Waals surface area contributed by atoms with Crippen molar-refractivity contribution in [3.8, 4) is 0 Å². The molecule has 0 aliphatic heterocycles. The molecule has 2 aromatic carbocycles. The molecule has 3 rings (SSSR count). The van der Waals surface area contributed by atoms with Crippen LogP contribution in [-0.4, -0.2) is 27.8 Å². The van der Waals surface area contributed by atoms with Crippen LogP contribution in [0, 0.1) is 17.0 Å². The monoisotopic (exact) mass is 416 g/mol. The van der Waals surface area contributed by atoms with E-state index in [9.17, 15) is 28.1 Å². The van der Waals surface area contributed by atoms with Crippen LogP contribution < -0.4 is 11.0 Å². The molecule has 29 heavy (non-hydrogen) atoms. The molecular weight excluding hydrogens is 400 g/mol. The smallest absolute Gasteiger partial charge is 0.324 e. The number of non-ortho nitro benzene ring substituents is 1. The molecule has 0 atom stereocenters. The van der Waals surface area contributed by atoms with Crippen LogP contribution >= 0.6 is 0 Å². The maximum Gasteiger partial charge on any atom is 0.342 e. The number of carbonyl (C=O) groups is 1. The van der Waals surface area contributed by atoms with Crippen molar-refractivity contribution in [2.24, 2.45) is 0 Å². The minimum atomic E-state index is -4.10. The number of hydrogen-bond donors (Lipinski definition) is 1. The zero-order valence-corrected chi connectivity index (χ0v) is 16.0. The molecule has 0 saturated carbocycles. The van der Waals surface area contributed by atoms with Gasteiger partial charge in [0.05, 0.1) is 9.82 Å². The van der Waals surface area contributed by atoms with Gasteiger partial charge in [-0.25, -0.2) is 13.2 Å². The number of carbonyl (C=O) groups excluding carboxylic acids is 1. The number of nitro benzene ring substituents is 1. The van der Waals surface area contributed by atoms with Gasteiger partial charge < -0.3 is 5.32 Å². The van der Waals surface area contributed by atoms with Gasteiger partial charge in [0, 0.05) is 30.2 Å². The van der Waals surface area contributed by atoms with E-state index in [-0.39, 0.29) is 16.3 Å². The van der Waals surface area contributed by atoms with Crippen LogP contribution in [0.25, 0.3) is 0 Å². The summed E-state index contributed by atoms with van der Waals surface area (Å²) in [6.45, 7) is 1.34. The second-order valence-electron chi connectivity index (χ2n) is 6.18. The number of nitrogens with one attached hydrogen (secondary N) is 1. The van der Waals surface area contributed by atoms with Crippen molar-refractivity contribution in [3.63, 3.8) is 0 Å². The number of hydrogen-bond acceptors (Lipinski definition) is 6. The van der Waals surface area contributed by atoms with E-state index in [1.165, 1.54) is 42.6 Å². The van der Waals surface area contributed by atoms with Crippen LogP contribution in [0.2, 0.25) is 0 Å². The van der Waals surface area contributed by atoms with Crippen LogP contribution in [0.4, 0.5) is 11.4 Å². The Morgan fingerprint density at radius 2 is 1.83 bits per heavy atom. The third-order valence-corrected chi connectivity index (χ3v) is 5.71. The van der Waals surface area contributed by atoms with E-state index in [4.69, 9.17) is 0 Å². The molecule has 150 valence electrons. The van der Waals surface area contributed by atoms with Crippen molar-refractivity contribution in [2.75, 3.05) is 5.32 Å². The van der Waals surface area contributed by atoms with Gasteiger partial charge in [0.1, 0.15) is 6.54 Å². The van der Waals surface area contributed by atoms with Gasteiger partial charge in [0.25, 0.3) is 15.7 Å². The maximum absolute atomic E-state index is 12.6. The van der Waals surface area contributed by atoms with Crippen LogP contribution in [0.1, 0.15) is 5.56 Å². The molecule has 0 fully saturated rings. The van der Waals surface area contributed by atoms with Crippen molar-refractivity contribution in [2.45, 2.75) is 18.4 Å². The average molecular weight is 416 g/mol. The first kappa shape index (κ1) is 20.0. The highest BCUT2D eigenvalue weighted by molar-refractivity contribution is 7.90. The van der Waals surface area contributed by atoms with Crippen LogP contribution in [0.15, 0.2) is 70.6 Å². The molecule has 11 heteroatoms. The lowest BCUT2D eigenvalue weighted by Gasteiger charge is -2.06. The van der Waals surface area contributed by atoms with Crippen molar-refractivity contribution >= 4 is 27.3 Å². The lowest BCUT2D eigenvalue weighted by Crippen LogP contribution is -2.32. The number of rotatable bonds is 6. The van der Waals surface area contributed by atoms with E-state index < -0.39 is 33.1 Å². The third-order valence-electron chi connectivity index (χ3n) is 4.05. The first-order valence-corrected chi connectivity index (χ1v) is 9.77. The molecule has 0 aliphatic rings. The molecule has 1 aromatic heterocycles. The Morgan fingerprint density at radius 1 is 1.14 bits per heavy atom. The normalized spacial score (nSPS) is 11.2. The Balaban J connectivity index is 1.80. The Hall–Kier alpha value is -3.73. The summed E-state index contributed by atoms with van der Waals surface area (Å²) in [7, 11) is -4.10. The highest BCUT2D eigenvalue weighted by Crippen LogP contribution is 2.17. The minimum absolute atomic E-state index is 0.0519. The molecule has 1 N–H and O–H groups in total. The van der Waals surface area contributed by atoms with E-state index in [0.29, 0.717) is 3.97 Å². The molecule has 0 unspecified atom stereocenters. The lowest BCUT2D eigenvalue weighted by atomic mass is 10.2. The van der Waals surface area contributed by atoms with Gasteiger partial charge in [-0.15, -0.1) is 0 Å². The van der Waals surface area contributed by atoms with Crippen molar-refractivity contribution in [3.05, 3.63) is 87.1 Å². The number of amides is 1. The molecule has 1 amide bonds. The number of nitro groups is 1. The number of imidazole rings is 1. The summed E-state index contributed by atoms with van der Waals surface area (Å²) in [5.41, 5.74) is -0.0503. The molecular formula is C18H16N4O6S. The second-order valence-corrected chi connectivity index (χ2v) is 7.99. The fourth-order valence-electron chi connectivity index (χ4n) is 2.57. The fraction of sp³-hybridized carbons (Fsp3) is 0.111. The summed E-state index contributed by atoms with van der Waals surface area (Å²) in [5, 5.41) is 13.2. The van der Waals surface area contributed by atoms with Crippen molar-refractivity contribution in [1.82, 2.24) is 8.54 Å². The van der Waals surface area contributed by atoms with Gasteiger partial charge in [-0.2, -0.15) is 3.97 Å². The predicted octanol–water partition coefficient (Wildman–Crippen LogP) is 1.74. The maximum atomic E-state index is 12.6. The zero-order chi connectivity index (χ0) is 21.2. The number of benzene rings is 2. The van der Waals surface area contributed by atoms with Gasteiger partial charge in [0.15, 0.2) is 0 Å². The summed E-state index contributed by atoms with van der Waals surface area (Å²) in [6.07, 6.45) is 2.25. The molecule has 0 spiro atoms. The standard InChI is InChI=1S/C18H16N4O6S/c1-13-5-7-16(8-6-13)29(27,28)21-10-9-20(18(21)24)12-17(23)19-14-3-2-4-15(11-14)22(25)26/h2-11H,12H2,1H3,(H,19,23). The topological polar surface area (TPSA) is 133 Å². The Kier molecular flexibility index (Phi) is 5.33. The lowest BCUT2D eigenvalue weighted by molar-refractivity contribution is -0.384. The molecule has 0 aliphatic carbocycles. The predicted molar refractivity (Wildman–Crippen MR) is 104 cm³/mol. The summed E-state index contributed by atoms with van der Waals surface area (Å²) < 4.78 is 26.8. The van der Waals surface area contributed by atoms with E-state index in [1.54, 1.807) is 19.1 Å².